The maximum Gasteiger partial charge on any atom is 0.330 e. The van der Waals surface area contributed by atoms with Gasteiger partial charge in [-0.15, -0.1) is 0 Å². The van der Waals surface area contributed by atoms with Gasteiger partial charge in [0.2, 0.25) is 0 Å². The Morgan fingerprint density at radius 1 is 0.734 bits per heavy atom. The van der Waals surface area contributed by atoms with Crippen molar-refractivity contribution in [2.24, 2.45) is 17.8 Å². The third kappa shape index (κ3) is 17.7. The first-order valence-electron chi connectivity index (χ1n) is 21.6. The second kappa shape index (κ2) is 28.0. The molecule has 0 amide bonds. The van der Waals surface area contributed by atoms with Gasteiger partial charge in [-0.2, -0.15) is 15.3 Å². The van der Waals surface area contributed by atoms with Crippen LogP contribution in [0.2, 0.25) is 0 Å². The summed E-state index contributed by atoms with van der Waals surface area (Å²) in [6.45, 7) is 8.97. The molecule has 64 heavy (non-hydrogen) atoms. The Balaban J connectivity index is 0.000000310. The molecule has 2 N–H and O–H groups in total. The van der Waals surface area contributed by atoms with Crippen LogP contribution in [0.1, 0.15) is 154 Å². The molecule has 3 heterocycles. The minimum Gasteiger partial charge on any atom is -0.481 e. The van der Waals surface area contributed by atoms with Gasteiger partial charge in [-0.25, -0.2) is 4.79 Å². The summed E-state index contributed by atoms with van der Waals surface area (Å²) in [6, 6.07) is -0.0677. The molecular formula is C48H70N6O10. The van der Waals surface area contributed by atoms with Crippen LogP contribution in [0.15, 0.2) is 61.5 Å². The van der Waals surface area contributed by atoms with Gasteiger partial charge in [0.15, 0.2) is 0 Å². The van der Waals surface area contributed by atoms with Gasteiger partial charge in [-0.1, -0.05) is 25.7 Å². The van der Waals surface area contributed by atoms with Crippen LogP contribution in [0.4, 0.5) is 0 Å². The summed E-state index contributed by atoms with van der Waals surface area (Å²) in [5.74, 6) is -0.303. The molecule has 3 aromatic heterocycles. The van der Waals surface area contributed by atoms with Crippen molar-refractivity contribution in [2.75, 3.05) is 21.3 Å². The van der Waals surface area contributed by atoms with Crippen molar-refractivity contribution < 1.29 is 48.1 Å². The lowest BCUT2D eigenvalue weighted by Crippen LogP contribution is -2.20. The first-order valence-corrected chi connectivity index (χ1v) is 21.6. The highest BCUT2D eigenvalue weighted by Gasteiger charge is 2.28. The van der Waals surface area contributed by atoms with Crippen molar-refractivity contribution in [2.45, 2.75) is 137 Å². The molecule has 16 nitrogen and oxygen atoms in total. The van der Waals surface area contributed by atoms with E-state index in [2.05, 4.69) is 46.8 Å². The van der Waals surface area contributed by atoms with Crippen molar-refractivity contribution in [3.05, 3.63) is 78.2 Å². The van der Waals surface area contributed by atoms with Crippen LogP contribution in [0.3, 0.4) is 0 Å². The number of Topliss-reactive ketones (excluding diaryl/α,β-unsaturated/α-hetero) is 2. The van der Waals surface area contributed by atoms with Crippen molar-refractivity contribution >= 4 is 46.6 Å². The minimum atomic E-state index is -0.684. The number of hydrogen-bond donors (Lipinski definition) is 2. The summed E-state index contributed by atoms with van der Waals surface area (Å²) in [5.41, 5.74) is 5.93. The normalized spacial score (nSPS) is 20.0. The summed E-state index contributed by atoms with van der Waals surface area (Å²) < 4.78 is 17.2. The molecule has 0 bridgehead atoms. The fourth-order valence-corrected chi connectivity index (χ4v) is 7.62. The van der Waals surface area contributed by atoms with E-state index in [1.54, 1.807) is 36.2 Å². The lowest BCUT2D eigenvalue weighted by Gasteiger charge is -2.25. The molecule has 4 unspecified atom stereocenters. The van der Waals surface area contributed by atoms with Gasteiger partial charge in [0.05, 0.1) is 70.8 Å². The highest BCUT2D eigenvalue weighted by atomic mass is 16.5. The number of rotatable bonds is 13. The Bertz CT molecular complexity index is 2040. The summed E-state index contributed by atoms with van der Waals surface area (Å²) in [6.07, 6.45) is 27.9. The minimum absolute atomic E-state index is 0. The number of ketones is 2. The Hall–Kier alpha value is -5.93. The standard InChI is InChI=1S/C16H22N2O3.C15H22N2O4.C11H14N2O.C5H8O2.CH4/c1-11(8-16(20)21-3)18-10-15(9-17-18)14-6-4-13(5-7-14)12(2)19;1-10(7-14(18)21-2)17-9-13(8-16-17)11-3-5-12(6-4-11)15(19)20;1-8(14)9-2-4-10(5-3-9)11-6-12-13-7-11;1-3-4-5(6)7-2;/h6,9-11,13H,4-5,7-8H2,1-3H3;8-12H,3-7H2,1-2H3,(H,19,20);4,6-7,9H,2-3,5H2,1H3,(H,12,13);3-4H,1-2H3;1H4/b;;;4-3+;. The van der Waals surface area contributed by atoms with Gasteiger partial charge in [0, 0.05) is 47.6 Å². The van der Waals surface area contributed by atoms with E-state index in [0.29, 0.717) is 24.5 Å². The van der Waals surface area contributed by atoms with Gasteiger partial charge in [0.1, 0.15) is 11.6 Å². The van der Waals surface area contributed by atoms with Gasteiger partial charge in [-0.05, 0) is 121 Å². The molecule has 6 rings (SSSR count). The molecule has 0 saturated heterocycles. The Kier molecular flexibility index (Phi) is 23.7. The highest BCUT2D eigenvalue weighted by Crippen LogP contribution is 2.36. The van der Waals surface area contributed by atoms with Crippen molar-refractivity contribution in [3.8, 4) is 0 Å². The molecule has 1 saturated carbocycles. The van der Waals surface area contributed by atoms with Crippen molar-refractivity contribution in [3.63, 3.8) is 0 Å². The number of nitrogens with zero attached hydrogens (tertiary/aromatic N) is 5. The maximum atomic E-state index is 11.4. The SMILES string of the molecule is C.C/C=C/C(=O)OC.CC(=O)C1CC=C(c2cn[nH]c2)CC1.COC(=O)CC(C)n1cc(C2=CCC(C(C)=O)CC2)cn1.COC(=O)CC(C)n1cc(C2CCC(C(=O)O)CC2)cn1. The number of carbonyl (C=O) groups excluding carboxylic acids is 5. The predicted octanol–water partition coefficient (Wildman–Crippen LogP) is 8.70. The first-order chi connectivity index (χ1) is 30.1. The largest absolute Gasteiger partial charge is 0.481 e. The van der Waals surface area contributed by atoms with E-state index >= 15 is 0 Å². The lowest BCUT2D eigenvalue weighted by molar-refractivity contribution is -0.143. The predicted molar refractivity (Wildman–Crippen MR) is 244 cm³/mol. The summed E-state index contributed by atoms with van der Waals surface area (Å²) in [4.78, 5) is 66.2. The monoisotopic (exact) mass is 891 g/mol. The van der Waals surface area contributed by atoms with Gasteiger partial charge < -0.3 is 19.3 Å². The van der Waals surface area contributed by atoms with Crippen LogP contribution in [0.25, 0.3) is 11.1 Å². The number of nitrogens with one attached hydrogen (secondary N) is 1. The van der Waals surface area contributed by atoms with E-state index in [1.807, 2.05) is 51.0 Å². The van der Waals surface area contributed by atoms with Crippen LogP contribution >= 0.6 is 0 Å². The molecule has 3 aromatic rings. The number of carbonyl (C=O) groups is 6. The number of H-pyrrole nitrogens is 1. The number of carboxylic acids is 1. The average molecular weight is 891 g/mol. The first kappa shape index (κ1) is 54.2. The topological polar surface area (TPSA) is 215 Å². The molecule has 0 radical (unpaired) electrons. The van der Waals surface area contributed by atoms with E-state index in [0.717, 1.165) is 80.9 Å². The molecular weight excluding hydrogens is 821 g/mol. The molecule has 3 aliphatic carbocycles. The Morgan fingerprint density at radius 2 is 1.25 bits per heavy atom. The summed E-state index contributed by atoms with van der Waals surface area (Å²) >= 11 is 0. The van der Waals surface area contributed by atoms with Crippen LogP contribution < -0.4 is 0 Å². The molecule has 1 fully saturated rings. The molecule has 0 aromatic carbocycles. The van der Waals surface area contributed by atoms with E-state index < -0.39 is 5.97 Å². The van der Waals surface area contributed by atoms with Crippen LogP contribution in [-0.4, -0.2) is 91.6 Å². The van der Waals surface area contributed by atoms with Crippen LogP contribution in [0, 0.1) is 17.8 Å². The van der Waals surface area contributed by atoms with E-state index in [-0.39, 0.29) is 61.0 Å². The smallest absolute Gasteiger partial charge is 0.330 e. The fraction of sp³-hybridized carbons (Fsp3) is 0.562. The third-order valence-corrected chi connectivity index (χ3v) is 11.8. The summed E-state index contributed by atoms with van der Waals surface area (Å²) in [7, 11) is 4.12. The maximum absolute atomic E-state index is 11.4. The lowest BCUT2D eigenvalue weighted by atomic mass is 9.79. The number of methoxy groups -OCH3 is 3. The van der Waals surface area contributed by atoms with E-state index in [9.17, 15) is 28.8 Å². The molecule has 16 heteroatoms. The molecule has 3 aliphatic rings. The Morgan fingerprint density at radius 3 is 1.66 bits per heavy atom. The summed E-state index contributed by atoms with van der Waals surface area (Å²) in [5, 5.41) is 24.4. The van der Waals surface area contributed by atoms with Crippen LogP contribution in [-0.2, 0) is 43.0 Å². The number of ether oxygens (including phenoxy) is 3. The van der Waals surface area contributed by atoms with E-state index in [4.69, 9.17) is 5.11 Å². The second-order valence-electron chi connectivity index (χ2n) is 16.2. The van der Waals surface area contributed by atoms with E-state index in [1.165, 1.54) is 38.6 Å². The number of aromatic nitrogens is 6. The highest BCUT2D eigenvalue weighted by molar-refractivity contribution is 5.82. The Labute approximate surface area is 377 Å². The molecule has 352 valence electrons. The second-order valence-corrected chi connectivity index (χ2v) is 16.2. The van der Waals surface area contributed by atoms with Gasteiger partial charge in [-0.3, -0.25) is 38.4 Å². The number of esters is 3. The third-order valence-electron chi connectivity index (χ3n) is 11.8. The molecule has 0 aliphatic heterocycles. The number of aliphatic carboxylic acids is 1. The average Bonchev–Trinajstić information content (AvgIpc) is 4.11. The van der Waals surface area contributed by atoms with Crippen molar-refractivity contribution in [1.82, 2.24) is 29.8 Å². The van der Waals surface area contributed by atoms with Gasteiger partial charge in [0.25, 0.3) is 0 Å². The number of carboxylic acid groups (broad SMARTS) is 1. The van der Waals surface area contributed by atoms with Crippen LogP contribution in [0.5, 0.6) is 0 Å². The quantitative estimate of drug-likeness (QED) is 0.0934. The zero-order valence-electron chi connectivity index (χ0n) is 38.1. The molecule has 4 atom stereocenters. The number of allylic oxidation sites excluding steroid dienone is 5. The zero-order valence-corrected chi connectivity index (χ0v) is 38.1. The zero-order chi connectivity index (χ0) is 46.5. The van der Waals surface area contributed by atoms with Crippen molar-refractivity contribution in [1.29, 1.82) is 0 Å². The number of hydrogen-bond acceptors (Lipinski definition) is 12. The van der Waals surface area contributed by atoms with Gasteiger partial charge >= 0.3 is 23.9 Å². The number of aromatic amines is 1. The fourth-order valence-electron chi connectivity index (χ4n) is 7.62. The molecule has 0 spiro atoms.